The number of piperidine rings is 1. The molecule has 1 aromatic heterocycles. The summed E-state index contributed by atoms with van der Waals surface area (Å²) in [4.78, 5) is 11.1. The standard InChI is InChI=1S/C19H26N4O3S/c1-23(13-14-6-4-8-16(10-14)26-2)19-21-12-17(27(3,24)25)18(22-19)15-7-5-9-20-11-15/h4,6,8,10,12,15,20H,5,7,9,11,13H2,1-3H3/t15-/m0/s1. The first-order valence-corrected chi connectivity index (χ1v) is 10.9. The predicted molar refractivity (Wildman–Crippen MR) is 105 cm³/mol. The number of ether oxygens (including phenoxy) is 1. The summed E-state index contributed by atoms with van der Waals surface area (Å²) in [6, 6.07) is 7.81. The summed E-state index contributed by atoms with van der Waals surface area (Å²) in [5.74, 6) is 1.39. The van der Waals surface area contributed by atoms with Crippen molar-refractivity contribution in [2.75, 3.05) is 38.4 Å². The summed E-state index contributed by atoms with van der Waals surface area (Å²) in [7, 11) is 0.159. The van der Waals surface area contributed by atoms with Crippen LogP contribution in [-0.4, -0.2) is 51.9 Å². The molecule has 0 unspecified atom stereocenters. The van der Waals surface area contributed by atoms with Crippen molar-refractivity contribution in [3.8, 4) is 5.75 Å². The summed E-state index contributed by atoms with van der Waals surface area (Å²) in [5, 5.41) is 3.33. The Morgan fingerprint density at radius 1 is 1.37 bits per heavy atom. The smallest absolute Gasteiger partial charge is 0.225 e. The molecule has 1 atom stereocenters. The van der Waals surface area contributed by atoms with Crippen LogP contribution in [0.5, 0.6) is 5.75 Å². The Hall–Kier alpha value is -2.19. The molecule has 0 amide bonds. The lowest BCUT2D eigenvalue weighted by atomic mass is 9.96. The molecule has 1 N–H and O–H groups in total. The number of nitrogens with one attached hydrogen (secondary N) is 1. The van der Waals surface area contributed by atoms with Crippen LogP contribution >= 0.6 is 0 Å². The fourth-order valence-corrected chi connectivity index (χ4v) is 4.17. The molecular formula is C19H26N4O3S. The summed E-state index contributed by atoms with van der Waals surface area (Å²) in [6.07, 6.45) is 4.59. The third kappa shape index (κ3) is 4.75. The molecule has 7 nitrogen and oxygen atoms in total. The third-order valence-corrected chi connectivity index (χ3v) is 5.86. The second-order valence-corrected chi connectivity index (χ2v) is 8.93. The minimum absolute atomic E-state index is 0.0791. The van der Waals surface area contributed by atoms with E-state index < -0.39 is 9.84 Å². The van der Waals surface area contributed by atoms with Crippen molar-refractivity contribution in [3.05, 3.63) is 41.7 Å². The average molecular weight is 391 g/mol. The van der Waals surface area contributed by atoms with E-state index in [2.05, 4.69) is 15.3 Å². The molecule has 3 rings (SSSR count). The zero-order valence-corrected chi connectivity index (χ0v) is 16.8. The summed E-state index contributed by atoms with van der Waals surface area (Å²) in [5.41, 5.74) is 1.68. The van der Waals surface area contributed by atoms with Crippen LogP contribution in [0.3, 0.4) is 0 Å². The van der Waals surface area contributed by atoms with E-state index in [-0.39, 0.29) is 10.8 Å². The zero-order chi connectivity index (χ0) is 19.4. The highest BCUT2D eigenvalue weighted by molar-refractivity contribution is 7.90. The highest BCUT2D eigenvalue weighted by atomic mass is 32.2. The zero-order valence-electron chi connectivity index (χ0n) is 16.0. The lowest BCUT2D eigenvalue weighted by Crippen LogP contribution is -2.30. The average Bonchev–Trinajstić information content (AvgIpc) is 2.67. The molecule has 1 aliphatic rings. The van der Waals surface area contributed by atoms with Gasteiger partial charge in [-0.2, -0.15) is 0 Å². The van der Waals surface area contributed by atoms with E-state index in [0.29, 0.717) is 18.2 Å². The molecule has 0 bridgehead atoms. The molecule has 2 aromatic rings. The van der Waals surface area contributed by atoms with Crippen LogP contribution < -0.4 is 15.0 Å². The number of benzene rings is 1. The summed E-state index contributed by atoms with van der Waals surface area (Å²) < 4.78 is 29.7. The van der Waals surface area contributed by atoms with Gasteiger partial charge in [0.25, 0.3) is 0 Å². The van der Waals surface area contributed by atoms with Gasteiger partial charge in [0.15, 0.2) is 9.84 Å². The van der Waals surface area contributed by atoms with Crippen molar-refractivity contribution in [2.24, 2.45) is 0 Å². The van der Waals surface area contributed by atoms with Crippen LogP contribution in [0.4, 0.5) is 5.95 Å². The quantitative estimate of drug-likeness (QED) is 0.807. The molecule has 0 saturated carbocycles. The van der Waals surface area contributed by atoms with Gasteiger partial charge in [0.05, 0.1) is 19.0 Å². The summed E-state index contributed by atoms with van der Waals surface area (Å²) in [6.45, 7) is 2.29. The number of anilines is 1. The number of hydrogen-bond acceptors (Lipinski definition) is 7. The fraction of sp³-hybridized carbons (Fsp3) is 0.474. The second-order valence-electron chi connectivity index (χ2n) is 6.94. The monoisotopic (exact) mass is 390 g/mol. The van der Waals surface area contributed by atoms with Crippen LogP contribution in [0.1, 0.15) is 30.0 Å². The number of nitrogens with zero attached hydrogens (tertiary/aromatic N) is 3. The molecule has 1 aromatic carbocycles. The minimum Gasteiger partial charge on any atom is -0.497 e. The highest BCUT2D eigenvalue weighted by Gasteiger charge is 2.25. The lowest BCUT2D eigenvalue weighted by Gasteiger charge is -2.25. The van der Waals surface area contributed by atoms with Crippen LogP contribution in [-0.2, 0) is 16.4 Å². The Morgan fingerprint density at radius 3 is 2.85 bits per heavy atom. The number of rotatable bonds is 6. The van der Waals surface area contributed by atoms with Gasteiger partial charge in [-0.1, -0.05) is 12.1 Å². The van der Waals surface area contributed by atoms with Gasteiger partial charge in [-0.25, -0.2) is 18.4 Å². The van der Waals surface area contributed by atoms with E-state index in [9.17, 15) is 8.42 Å². The number of aromatic nitrogens is 2. The number of hydrogen-bond donors (Lipinski definition) is 1. The summed E-state index contributed by atoms with van der Waals surface area (Å²) >= 11 is 0. The van der Waals surface area contributed by atoms with E-state index in [1.165, 1.54) is 12.5 Å². The second kappa shape index (κ2) is 8.22. The first kappa shape index (κ1) is 19.6. The van der Waals surface area contributed by atoms with Crippen LogP contribution in [0, 0.1) is 0 Å². The van der Waals surface area contributed by atoms with Crippen molar-refractivity contribution in [3.63, 3.8) is 0 Å². The molecule has 146 valence electrons. The van der Waals surface area contributed by atoms with E-state index in [4.69, 9.17) is 4.74 Å². The van der Waals surface area contributed by atoms with Gasteiger partial charge >= 0.3 is 0 Å². The first-order valence-electron chi connectivity index (χ1n) is 9.00. The third-order valence-electron chi connectivity index (χ3n) is 4.75. The topological polar surface area (TPSA) is 84.4 Å². The van der Waals surface area contributed by atoms with E-state index in [0.717, 1.165) is 37.2 Å². The molecule has 1 fully saturated rings. The lowest BCUT2D eigenvalue weighted by molar-refractivity contribution is 0.414. The molecule has 0 aliphatic carbocycles. The minimum atomic E-state index is -3.38. The van der Waals surface area contributed by atoms with Crippen molar-refractivity contribution >= 4 is 15.8 Å². The Kier molecular flexibility index (Phi) is 5.96. The Morgan fingerprint density at radius 2 is 2.19 bits per heavy atom. The van der Waals surface area contributed by atoms with Gasteiger partial charge in [-0.3, -0.25) is 0 Å². The molecule has 1 aliphatic heterocycles. The number of methoxy groups -OCH3 is 1. The maximum Gasteiger partial charge on any atom is 0.225 e. The van der Waals surface area contributed by atoms with Crippen LogP contribution in [0.2, 0.25) is 0 Å². The molecular weight excluding hydrogens is 364 g/mol. The number of sulfone groups is 1. The predicted octanol–water partition coefficient (Wildman–Crippen LogP) is 1.99. The Balaban J connectivity index is 1.90. The van der Waals surface area contributed by atoms with Gasteiger partial charge < -0.3 is 15.0 Å². The van der Waals surface area contributed by atoms with Crippen molar-refractivity contribution < 1.29 is 13.2 Å². The molecule has 0 spiro atoms. The van der Waals surface area contributed by atoms with E-state index in [1.807, 2.05) is 36.2 Å². The highest BCUT2D eigenvalue weighted by Crippen LogP contribution is 2.28. The van der Waals surface area contributed by atoms with Crippen molar-refractivity contribution in [2.45, 2.75) is 30.2 Å². The van der Waals surface area contributed by atoms with Gasteiger partial charge in [0.2, 0.25) is 5.95 Å². The molecule has 8 heteroatoms. The SMILES string of the molecule is COc1cccc(CN(C)c2ncc(S(C)(=O)=O)c([C@H]3CCCNC3)n2)c1. The Bertz CT molecular complexity index is 896. The van der Waals surface area contributed by atoms with E-state index >= 15 is 0 Å². The fourth-order valence-electron chi connectivity index (χ4n) is 3.34. The van der Waals surface area contributed by atoms with Gasteiger partial charge in [-0.05, 0) is 37.1 Å². The molecule has 1 saturated heterocycles. The molecule has 0 radical (unpaired) electrons. The van der Waals surface area contributed by atoms with E-state index in [1.54, 1.807) is 7.11 Å². The van der Waals surface area contributed by atoms with Gasteiger partial charge in [-0.15, -0.1) is 0 Å². The normalized spacial score (nSPS) is 17.5. The van der Waals surface area contributed by atoms with Gasteiger partial charge in [0, 0.05) is 32.3 Å². The van der Waals surface area contributed by atoms with Crippen LogP contribution in [0.25, 0.3) is 0 Å². The molecule has 27 heavy (non-hydrogen) atoms. The van der Waals surface area contributed by atoms with Crippen molar-refractivity contribution in [1.29, 1.82) is 0 Å². The van der Waals surface area contributed by atoms with Gasteiger partial charge in [0.1, 0.15) is 10.6 Å². The maximum absolute atomic E-state index is 12.2. The Labute approximate surface area is 160 Å². The van der Waals surface area contributed by atoms with Crippen LogP contribution in [0.15, 0.2) is 35.4 Å². The maximum atomic E-state index is 12.2. The largest absolute Gasteiger partial charge is 0.497 e. The molecule has 2 heterocycles. The van der Waals surface area contributed by atoms with Crippen molar-refractivity contribution in [1.82, 2.24) is 15.3 Å². The first-order chi connectivity index (χ1) is 12.9.